The van der Waals surface area contributed by atoms with Crippen molar-refractivity contribution in [2.75, 3.05) is 41.0 Å². The van der Waals surface area contributed by atoms with Crippen molar-refractivity contribution in [1.82, 2.24) is 4.98 Å². The third-order valence-corrected chi connectivity index (χ3v) is 4.52. The van der Waals surface area contributed by atoms with E-state index in [-0.39, 0.29) is 6.04 Å². The molecular formula is C18H23N5O. The number of carbonyl (C=O) groups is 1. The van der Waals surface area contributed by atoms with Gasteiger partial charge in [0.25, 0.3) is 0 Å². The van der Waals surface area contributed by atoms with E-state index in [0.29, 0.717) is 5.69 Å². The van der Waals surface area contributed by atoms with Crippen LogP contribution in [0.5, 0.6) is 0 Å². The molecule has 6 heteroatoms. The van der Waals surface area contributed by atoms with Gasteiger partial charge in [0.05, 0.1) is 23.3 Å². The quantitative estimate of drug-likeness (QED) is 0.825. The first-order valence-electron chi connectivity index (χ1n) is 8.20. The van der Waals surface area contributed by atoms with Crippen molar-refractivity contribution in [2.24, 2.45) is 0 Å². The zero-order valence-electron chi connectivity index (χ0n) is 13.9. The van der Waals surface area contributed by atoms with Gasteiger partial charge in [-0.25, -0.2) is 4.98 Å². The molecule has 0 atom stereocenters. The minimum Gasteiger partial charge on any atom is -0.397 e. The van der Waals surface area contributed by atoms with E-state index in [4.69, 9.17) is 5.73 Å². The predicted molar refractivity (Wildman–Crippen MR) is 98.4 cm³/mol. The second-order valence-electron chi connectivity index (χ2n) is 5.95. The molecule has 24 heavy (non-hydrogen) atoms. The van der Waals surface area contributed by atoms with Crippen molar-refractivity contribution < 1.29 is 4.79 Å². The largest absolute Gasteiger partial charge is 0.397 e. The van der Waals surface area contributed by atoms with Crippen LogP contribution in [0.15, 0.2) is 42.6 Å². The highest BCUT2D eigenvalue weighted by Crippen LogP contribution is 2.29. The SMILES string of the molecule is CNc1ccccc1N(C=O)C1CCN(c2ccc(N)cn2)CC1. The summed E-state index contributed by atoms with van der Waals surface area (Å²) in [7, 11) is 1.87. The minimum atomic E-state index is 0.196. The topological polar surface area (TPSA) is 74.5 Å². The second-order valence-corrected chi connectivity index (χ2v) is 5.95. The Morgan fingerprint density at radius 1 is 1.25 bits per heavy atom. The average Bonchev–Trinajstić information content (AvgIpc) is 2.64. The van der Waals surface area contributed by atoms with Crippen LogP contribution in [0.1, 0.15) is 12.8 Å². The fraction of sp³-hybridized carbons (Fsp3) is 0.333. The van der Waals surface area contributed by atoms with Crippen molar-refractivity contribution in [2.45, 2.75) is 18.9 Å². The molecule has 0 saturated carbocycles. The van der Waals surface area contributed by atoms with Crippen molar-refractivity contribution in [1.29, 1.82) is 0 Å². The molecule has 1 aromatic carbocycles. The van der Waals surface area contributed by atoms with Gasteiger partial charge < -0.3 is 20.9 Å². The third kappa shape index (κ3) is 3.27. The molecule has 2 heterocycles. The number of piperidine rings is 1. The van der Waals surface area contributed by atoms with E-state index in [2.05, 4.69) is 15.2 Å². The van der Waals surface area contributed by atoms with Gasteiger partial charge in [0, 0.05) is 26.2 Å². The Kier molecular flexibility index (Phi) is 4.84. The monoisotopic (exact) mass is 325 g/mol. The molecule has 2 aromatic rings. The first-order chi connectivity index (χ1) is 11.7. The number of aromatic nitrogens is 1. The molecule has 0 radical (unpaired) electrons. The highest BCUT2D eigenvalue weighted by atomic mass is 16.1. The van der Waals surface area contributed by atoms with Gasteiger partial charge in [-0.1, -0.05) is 12.1 Å². The first-order valence-corrected chi connectivity index (χ1v) is 8.20. The lowest BCUT2D eigenvalue weighted by Crippen LogP contribution is -2.45. The number of pyridine rings is 1. The third-order valence-electron chi connectivity index (χ3n) is 4.52. The lowest BCUT2D eigenvalue weighted by Gasteiger charge is -2.37. The Morgan fingerprint density at radius 3 is 2.62 bits per heavy atom. The molecule has 1 aromatic heterocycles. The second kappa shape index (κ2) is 7.21. The predicted octanol–water partition coefficient (Wildman–Crippen LogP) is 2.34. The maximum absolute atomic E-state index is 11.7. The fourth-order valence-corrected chi connectivity index (χ4v) is 3.21. The van der Waals surface area contributed by atoms with E-state index in [0.717, 1.165) is 49.5 Å². The zero-order valence-corrected chi connectivity index (χ0v) is 13.9. The van der Waals surface area contributed by atoms with Crippen LogP contribution in [0.25, 0.3) is 0 Å². The Labute approximate surface area is 142 Å². The Bertz CT molecular complexity index is 680. The summed E-state index contributed by atoms with van der Waals surface area (Å²) >= 11 is 0. The van der Waals surface area contributed by atoms with E-state index >= 15 is 0 Å². The summed E-state index contributed by atoms with van der Waals surface area (Å²) in [5.74, 6) is 0.941. The Balaban J connectivity index is 1.70. The van der Waals surface area contributed by atoms with Crippen LogP contribution in [0.2, 0.25) is 0 Å². The number of hydrogen-bond donors (Lipinski definition) is 2. The molecule has 0 spiro atoms. The lowest BCUT2D eigenvalue weighted by molar-refractivity contribution is -0.108. The number of amides is 1. The van der Waals surface area contributed by atoms with Crippen molar-refractivity contribution in [3.8, 4) is 0 Å². The maximum Gasteiger partial charge on any atom is 0.214 e. The van der Waals surface area contributed by atoms with Crippen LogP contribution in [0, 0.1) is 0 Å². The number of anilines is 4. The number of hydrogen-bond acceptors (Lipinski definition) is 5. The molecule has 3 rings (SSSR count). The molecule has 1 saturated heterocycles. The molecule has 3 N–H and O–H groups in total. The lowest BCUT2D eigenvalue weighted by atomic mass is 10.0. The smallest absolute Gasteiger partial charge is 0.214 e. The average molecular weight is 325 g/mol. The van der Waals surface area contributed by atoms with Crippen LogP contribution < -0.4 is 20.9 Å². The van der Waals surface area contributed by atoms with Crippen LogP contribution >= 0.6 is 0 Å². The Morgan fingerprint density at radius 2 is 2.00 bits per heavy atom. The number of nitrogen functional groups attached to an aromatic ring is 1. The van der Waals surface area contributed by atoms with Gasteiger partial charge in [0.15, 0.2) is 0 Å². The summed E-state index contributed by atoms with van der Waals surface area (Å²) in [4.78, 5) is 20.2. The summed E-state index contributed by atoms with van der Waals surface area (Å²) in [5.41, 5.74) is 8.26. The van der Waals surface area contributed by atoms with E-state index in [1.54, 1.807) is 6.20 Å². The van der Waals surface area contributed by atoms with Gasteiger partial charge in [0.1, 0.15) is 5.82 Å². The normalized spacial score (nSPS) is 15.1. The summed E-state index contributed by atoms with van der Waals surface area (Å²) in [5, 5.41) is 3.16. The van der Waals surface area contributed by atoms with Crippen LogP contribution in [-0.2, 0) is 4.79 Å². The molecule has 0 bridgehead atoms. The van der Waals surface area contributed by atoms with E-state index < -0.39 is 0 Å². The van der Waals surface area contributed by atoms with Gasteiger partial charge in [-0.2, -0.15) is 0 Å². The molecule has 126 valence electrons. The van der Waals surface area contributed by atoms with Gasteiger partial charge >= 0.3 is 0 Å². The number of nitrogens with two attached hydrogens (primary N) is 1. The molecule has 1 fully saturated rings. The Hall–Kier alpha value is -2.76. The standard InChI is InChI=1S/C18H23N5O/c1-20-16-4-2-3-5-17(16)23(13-24)15-8-10-22(11-9-15)18-7-6-14(19)12-21-18/h2-7,12-13,15,20H,8-11,19H2,1H3. The van der Waals surface area contributed by atoms with E-state index in [1.807, 2.05) is 48.3 Å². The van der Waals surface area contributed by atoms with Crippen molar-refractivity contribution in [3.63, 3.8) is 0 Å². The number of benzene rings is 1. The van der Waals surface area contributed by atoms with Gasteiger partial charge in [-0.15, -0.1) is 0 Å². The molecular weight excluding hydrogens is 302 g/mol. The molecule has 1 aliphatic rings. The minimum absolute atomic E-state index is 0.196. The molecule has 0 unspecified atom stereocenters. The molecule has 1 amide bonds. The van der Waals surface area contributed by atoms with Crippen LogP contribution in [0.3, 0.4) is 0 Å². The van der Waals surface area contributed by atoms with E-state index in [9.17, 15) is 4.79 Å². The summed E-state index contributed by atoms with van der Waals surface area (Å²) in [6.45, 7) is 1.74. The van der Waals surface area contributed by atoms with Crippen LogP contribution in [0.4, 0.5) is 22.9 Å². The highest BCUT2D eigenvalue weighted by Gasteiger charge is 2.26. The molecule has 6 nitrogen and oxygen atoms in total. The number of nitrogens with one attached hydrogen (secondary N) is 1. The van der Waals surface area contributed by atoms with Crippen molar-refractivity contribution >= 4 is 29.3 Å². The van der Waals surface area contributed by atoms with E-state index in [1.165, 1.54) is 0 Å². The maximum atomic E-state index is 11.7. The first kappa shape index (κ1) is 16.1. The number of carbonyl (C=O) groups excluding carboxylic acids is 1. The fourth-order valence-electron chi connectivity index (χ4n) is 3.21. The summed E-state index contributed by atoms with van der Waals surface area (Å²) < 4.78 is 0. The summed E-state index contributed by atoms with van der Waals surface area (Å²) in [6.07, 6.45) is 4.44. The van der Waals surface area contributed by atoms with Gasteiger partial charge in [0.2, 0.25) is 6.41 Å². The number of para-hydroxylation sites is 2. The number of rotatable bonds is 5. The summed E-state index contributed by atoms with van der Waals surface area (Å²) in [6, 6.07) is 11.9. The van der Waals surface area contributed by atoms with Crippen molar-refractivity contribution in [3.05, 3.63) is 42.6 Å². The highest BCUT2D eigenvalue weighted by molar-refractivity contribution is 5.84. The molecule has 1 aliphatic heterocycles. The zero-order chi connectivity index (χ0) is 16.9. The number of nitrogens with zero attached hydrogens (tertiary/aromatic N) is 3. The van der Waals surface area contributed by atoms with Gasteiger partial charge in [-0.3, -0.25) is 4.79 Å². The molecule has 0 aliphatic carbocycles. The van der Waals surface area contributed by atoms with Crippen LogP contribution in [-0.4, -0.2) is 37.6 Å². The van der Waals surface area contributed by atoms with Gasteiger partial charge in [-0.05, 0) is 37.1 Å².